The Morgan fingerprint density at radius 3 is 2.61 bits per heavy atom. The first kappa shape index (κ1) is 11.0. The van der Waals surface area contributed by atoms with E-state index in [-0.39, 0.29) is 6.04 Å². The number of nitrogens with zero attached hydrogens (tertiary/aromatic N) is 3. The molecule has 0 saturated heterocycles. The number of hydrogen-bond acceptors (Lipinski definition) is 3. The molecule has 90 valence electrons. The van der Waals surface area contributed by atoms with Gasteiger partial charge in [-0.25, -0.2) is 0 Å². The molecule has 0 fully saturated rings. The Hall–Kier alpha value is -2.16. The van der Waals surface area contributed by atoms with Crippen LogP contribution in [0, 0.1) is 0 Å². The average molecular weight is 237 g/mol. The van der Waals surface area contributed by atoms with E-state index in [2.05, 4.69) is 39.1 Å². The molecule has 1 aliphatic rings. The lowest BCUT2D eigenvalue weighted by Crippen LogP contribution is -2.33. The third-order valence-corrected chi connectivity index (χ3v) is 3.13. The van der Waals surface area contributed by atoms with Gasteiger partial charge in [0.05, 0.1) is 12.2 Å². The normalized spacial score (nSPS) is 18.9. The molecule has 0 saturated carbocycles. The molecule has 0 N–H and O–H groups in total. The van der Waals surface area contributed by atoms with E-state index in [1.807, 2.05) is 36.7 Å². The molecule has 0 bridgehead atoms. The van der Waals surface area contributed by atoms with Gasteiger partial charge in [0.1, 0.15) is 6.04 Å². The summed E-state index contributed by atoms with van der Waals surface area (Å²) in [7, 11) is 0. The maximum atomic E-state index is 4.55. The van der Waals surface area contributed by atoms with Crippen molar-refractivity contribution in [3.63, 3.8) is 0 Å². The Kier molecular flexibility index (Phi) is 3.05. The largest absolute Gasteiger partial charge is 0.364 e. The van der Waals surface area contributed by atoms with Crippen LogP contribution in [0.1, 0.15) is 11.7 Å². The van der Waals surface area contributed by atoms with Crippen molar-refractivity contribution in [2.24, 2.45) is 4.99 Å². The van der Waals surface area contributed by atoms with Crippen molar-refractivity contribution in [2.45, 2.75) is 6.04 Å². The minimum absolute atomic E-state index is 0.139. The molecule has 3 nitrogen and oxygen atoms in total. The van der Waals surface area contributed by atoms with Crippen LogP contribution in [-0.2, 0) is 0 Å². The number of rotatable bonds is 2. The predicted molar refractivity (Wildman–Crippen MR) is 74.1 cm³/mol. The number of benzene rings is 1. The molecule has 0 spiro atoms. The molecule has 0 amide bonds. The lowest BCUT2D eigenvalue weighted by molar-refractivity contribution is 0.656. The molecule has 2 heterocycles. The van der Waals surface area contributed by atoms with Crippen molar-refractivity contribution in [1.82, 2.24) is 4.98 Å². The number of pyridine rings is 1. The van der Waals surface area contributed by atoms with Crippen LogP contribution in [-0.4, -0.2) is 24.3 Å². The van der Waals surface area contributed by atoms with Crippen LogP contribution in [0.3, 0.4) is 0 Å². The summed E-state index contributed by atoms with van der Waals surface area (Å²) in [6.07, 6.45) is 3.81. The topological polar surface area (TPSA) is 28.5 Å². The van der Waals surface area contributed by atoms with Gasteiger partial charge < -0.3 is 4.90 Å². The van der Waals surface area contributed by atoms with Crippen molar-refractivity contribution in [3.05, 3.63) is 60.4 Å². The van der Waals surface area contributed by atoms with Gasteiger partial charge in [-0.2, -0.15) is 0 Å². The van der Waals surface area contributed by atoms with Gasteiger partial charge in [-0.3, -0.25) is 9.98 Å². The second kappa shape index (κ2) is 5.00. The molecule has 3 heteroatoms. The van der Waals surface area contributed by atoms with Crippen LogP contribution in [0.4, 0.5) is 5.69 Å². The highest BCUT2D eigenvalue weighted by Gasteiger charge is 2.19. The number of anilines is 1. The minimum Gasteiger partial charge on any atom is -0.364 e. The van der Waals surface area contributed by atoms with Gasteiger partial charge >= 0.3 is 0 Å². The first-order valence-electron chi connectivity index (χ1n) is 6.16. The summed E-state index contributed by atoms with van der Waals surface area (Å²) in [5, 5.41) is 0. The predicted octanol–water partition coefficient (Wildman–Crippen LogP) is 2.71. The fourth-order valence-corrected chi connectivity index (χ4v) is 2.20. The molecule has 0 aliphatic carbocycles. The van der Waals surface area contributed by atoms with Gasteiger partial charge in [-0.05, 0) is 24.3 Å². The van der Waals surface area contributed by atoms with Crippen molar-refractivity contribution < 1.29 is 0 Å². The molecule has 1 aliphatic heterocycles. The number of aliphatic imine (C=N–C) groups is 1. The Balaban J connectivity index is 1.81. The SMILES string of the molecule is C1=NC(c2ccccn2)CN(c2ccccc2)C1. The Morgan fingerprint density at radius 1 is 1.00 bits per heavy atom. The third kappa shape index (κ3) is 2.25. The smallest absolute Gasteiger partial charge is 0.109 e. The van der Waals surface area contributed by atoms with E-state index < -0.39 is 0 Å². The molecule has 1 unspecified atom stereocenters. The molecule has 1 atom stereocenters. The van der Waals surface area contributed by atoms with Crippen molar-refractivity contribution in [1.29, 1.82) is 0 Å². The lowest BCUT2D eigenvalue weighted by atomic mass is 10.1. The lowest BCUT2D eigenvalue weighted by Gasteiger charge is -2.29. The number of para-hydroxylation sites is 1. The van der Waals surface area contributed by atoms with Gasteiger partial charge in [0.2, 0.25) is 0 Å². The van der Waals surface area contributed by atoms with Gasteiger partial charge in [0.25, 0.3) is 0 Å². The summed E-state index contributed by atoms with van der Waals surface area (Å²) in [5.41, 5.74) is 2.28. The van der Waals surface area contributed by atoms with E-state index in [4.69, 9.17) is 0 Å². The van der Waals surface area contributed by atoms with Crippen molar-refractivity contribution >= 4 is 11.9 Å². The molecular formula is C15H15N3. The zero-order chi connectivity index (χ0) is 12.2. The maximum absolute atomic E-state index is 4.55. The second-order valence-corrected chi connectivity index (χ2v) is 4.34. The fraction of sp³-hybridized carbons (Fsp3) is 0.200. The monoisotopic (exact) mass is 237 g/mol. The standard InChI is InChI=1S/C15H15N3/c1-2-6-13(7-3-1)18-11-10-17-15(12-18)14-8-4-5-9-16-14/h1-10,15H,11-12H2. The molecule has 1 aromatic heterocycles. The Morgan fingerprint density at radius 2 is 1.83 bits per heavy atom. The zero-order valence-electron chi connectivity index (χ0n) is 10.1. The van der Waals surface area contributed by atoms with E-state index in [9.17, 15) is 0 Å². The molecule has 3 rings (SSSR count). The highest BCUT2D eigenvalue weighted by atomic mass is 15.2. The zero-order valence-corrected chi connectivity index (χ0v) is 10.1. The Labute approximate surface area is 107 Å². The van der Waals surface area contributed by atoms with Crippen molar-refractivity contribution in [3.8, 4) is 0 Å². The van der Waals surface area contributed by atoms with Gasteiger partial charge in [0, 0.05) is 24.6 Å². The number of hydrogen-bond donors (Lipinski definition) is 0. The van der Waals surface area contributed by atoms with Gasteiger partial charge in [0.15, 0.2) is 0 Å². The van der Waals surface area contributed by atoms with E-state index in [0.717, 1.165) is 18.8 Å². The third-order valence-electron chi connectivity index (χ3n) is 3.13. The molecule has 2 aromatic rings. The summed E-state index contributed by atoms with van der Waals surface area (Å²) in [5.74, 6) is 0. The van der Waals surface area contributed by atoms with Gasteiger partial charge in [-0.15, -0.1) is 0 Å². The van der Waals surface area contributed by atoms with Crippen LogP contribution in [0.5, 0.6) is 0 Å². The van der Waals surface area contributed by atoms with E-state index >= 15 is 0 Å². The van der Waals surface area contributed by atoms with Crippen LogP contribution in [0.25, 0.3) is 0 Å². The Bertz CT molecular complexity index is 522. The summed E-state index contributed by atoms with van der Waals surface area (Å²) in [4.78, 5) is 11.3. The summed E-state index contributed by atoms with van der Waals surface area (Å²) in [6.45, 7) is 1.75. The van der Waals surface area contributed by atoms with E-state index in [0.29, 0.717) is 0 Å². The van der Waals surface area contributed by atoms with Crippen LogP contribution in [0.2, 0.25) is 0 Å². The molecular weight excluding hydrogens is 222 g/mol. The van der Waals surface area contributed by atoms with Crippen LogP contribution >= 0.6 is 0 Å². The van der Waals surface area contributed by atoms with Crippen molar-refractivity contribution in [2.75, 3.05) is 18.0 Å². The van der Waals surface area contributed by atoms with Crippen LogP contribution in [0.15, 0.2) is 59.7 Å². The van der Waals surface area contributed by atoms with E-state index in [1.54, 1.807) is 0 Å². The second-order valence-electron chi connectivity index (χ2n) is 4.34. The molecule has 1 aromatic carbocycles. The summed E-state index contributed by atoms with van der Waals surface area (Å²) >= 11 is 0. The highest BCUT2D eigenvalue weighted by molar-refractivity contribution is 5.68. The average Bonchev–Trinajstić information content (AvgIpc) is 2.49. The fourth-order valence-electron chi connectivity index (χ4n) is 2.20. The number of aromatic nitrogens is 1. The first-order valence-corrected chi connectivity index (χ1v) is 6.16. The summed E-state index contributed by atoms with van der Waals surface area (Å²) < 4.78 is 0. The minimum atomic E-state index is 0.139. The molecule has 0 radical (unpaired) electrons. The maximum Gasteiger partial charge on any atom is 0.109 e. The van der Waals surface area contributed by atoms with Gasteiger partial charge in [-0.1, -0.05) is 24.3 Å². The molecule has 18 heavy (non-hydrogen) atoms. The van der Waals surface area contributed by atoms with E-state index in [1.165, 1.54) is 5.69 Å². The summed E-state index contributed by atoms with van der Waals surface area (Å²) in [6, 6.07) is 16.6. The first-order chi connectivity index (χ1) is 8.93. The van der Waals surface area contributed by atoms with Crippen LogP contribution < -0.4 is 4.90 Å². The highest BCUT2D eigenvalue weighted by Crippen LogP contribution is 2.23. The quantitative estimate of drug-likeness (QED) is 0.803.